The van der Waals surface area contributed by atoms with Gasteiger partial charge in [0.2, 0.25) is 17.6 Å². The molecule has 3 rings (SSSR count). The molecule has 26 heavy (non-hydrogen) atoms. The average Bonchev–Trinajstić information content (AvgIpc) is 3.07. The van der Waals surface area contributed by atoms with Crippen LogP contribution in [0.5, 0.6) is 0 Å². The summed E-state index contributed by atoms with van der Waals surface area (Å²) in [4.78, 5) is 24.3. The molecule has 8 nitrogen and oxygen atoms in total. The number of benzene rings is 2. The van der Waals surface area contributed by atoms with Crippen LogP contribution in [-0.2, 0) is 11.3 Å². The molecule has 0 saturated heterocycles. The summed E-state index contributed by atoms with van der Waals surface area (Å²) in [5.41, 5.74) is 6.60. The predicted molar refractivity (Wildman–Crippen MR) is 96.9 cm³/mol. The monoisotopic (exact) mass is 390 g/mol. The molecule has 2 aromatic carbocycles. The summed E-state index contributed by atoms with van der Waals surface area (Å²) in [6.07, 6.45) is 0. The van der Waals surface area contributed by atoms with E-state index < -0.39 is 5.91 Å². The number of amides is 2. The first-order valence-corrected chi connectivity index (χ1v) is 8.11. The average molecular weight is 391 g/mol. The smallest absolute Gasteiger partial charge is 0.248 e. The maximum atomic E-state index is 12.1. The maximum absolute atomic E-state index is 12.1. The number of carbonyl (C=O) groups is 2. The Kier molecular flexibility index (Phi) is 5.15. The molecule has 1 heterocycles. The van der Waals surface area contributed by atoms with Gasteiger partial charge >= 0.3 is 0 Å². The molecule has 0 unspecified atom stereocenters. The molecule has 0 aliphatic heterocycles. The summed E-state index contributed by atoms with van der Waals surface area (Å²) >= 11 is 11.9. The molecule has 3 aromatic rings. The van der Waals surface area contributed by atoms with E-state index in [2.05, 4.69) is 20.7 Å². The summed E-state index contributed by atoms with van der Waals surface area (Å²) in [5, 5.41) is 15.1. The van der Waals surface area contributed by atoms with Crippen molar-refractivity contribution in [2.75, 3.05) is 5.32 Å². The van der Waals surface area contributed by atoms with Gasteiger partial charge in [0.25, 0.3) is 0 Å². The Morgan fingerprint density at radius 3 is 2.54 bits per heavy atom. The number of primary amides is 1. The number of carbonyl (C=O) groups excluding carboxylic acids is 2. The Bertz CT molecular complexity index is 971. The molecule has 2 amide bonds. The molecule has 0 radical (unpaired) electrons. The van der Waals surface area contributed by atoms with E-state index in [4.69, 9.17) is 28.9 Å². The topological polar surface area (TPSA) is 116 Å². The zero-order valence-electron chi connectivity index (χ0n) is 13.2. The molecule has 3 N–H and O–H groups in total. The second-order valence-electron chi connectivity index (χ2n) is 5.23. The number of nitrogens with zero attached hydrogens (tertiary/aromatic N) is 4. The minimum atomic E-state index is -0.524. The van der Waals surface area contributed by atoms with Crippen molar-refractivity contribution in [2.24, 2.45) is 5.73 Å². The van der Waals surface area contributed by atoms with E-state index in [1.165, 1.54) is 0 Å². The fourth-order valence-electron chi connectivity index (χ4n) is 2.13. The third kappa shape index (κ3) is 3.98. The highest BCUT2D eigenvalue weighted by atomic mass is 35.5. The molecular formula is C16H12Cl2N6O2. The quantitative estimate of drug-likeness (QED) is 0.693. The summed E-state index contributed by atoms with van der Waals surface area (Å²) in [5.74, 6) is -0.596. The normalized spacial score (nSPS) is 10.5. The SMILES string of the molecule is NC(=O)c1ccc(-c2nnn(CC(=O)Nc3cccc(Cl)c3Cl)n2)cc1. The van der Waals surface area contributed by atoms with Gasteiger partial charge in [-0.1, -0.05) is 41.4 Å². The van der Waals surface area contributed by atoms with Crippen molar-refractivity contribution in [2.45, 2.75) is 6.54 Å². The van der Waals surface area contributed by atoms with E-state index in [1.54, 1.807) is 42.5 Å². The molecule has 1 aromatic heterocycles. The van der Waals surface area contributed by atoms with Crippen molar-refractivity contribution in [1.29, 1.82) is 0 Å². The van der Waals surface area contributed by atoms with Gasteiger partial charge in [0.05, 0.1) is 15.7 Å². The highest BCUT2D eigenvalue weighted by Gasteiger charge is 2.12. The van der Waals surface area contributed by atoms with Crippen molar-refractivity contribution >= 4 is 40.7 Å². The van der Waals surface area contributed by atoms with Crippen LogP contribution in [0, 0.1) is 0 Å². The lowest BCUT2D eigenvalue weighted by Crippen LogP contribution is -2.20. The van der Waals surface area contributed by atoms with Crippen molar-refractivity contribution in [1.82, 2.24) is 20.2 Å². The minimum Gasteiger partial charge on any atom is -0.366 e. The Morgan fingerprint density at radius 1 is 1.12 bits per heavy atom. The van der Waals surface area contributed by atoms with Crippen molar-refractivity contribution in [3.63, 3.8) is 0 Å². The largest absolute Gasteiger partial charge is 0.366 e. The second kappa shape index (κ2) is 7.51. The Hall–Kier alpha value is -2.97. The lowest BCUT2D eigenvalue weighted by atomic mass is 10.1. The van der Waals surface area contributed by atoms with Crippen molar-refractivity contribution in [3.05, 3.63) is 58.1 Å². The number of anilines is 1. The fourth-order valence-corrected chi connectivity index (χ4v) is 2.48. The third-order valence-corrected chi connectivity index (χ3v) is 4.21. The predicted octanol–water partition coefficient (Wildman–Crippen LogP) is 2.38. The standard InChI is InChI=1S/C16H12Cl2N6O2/c17-11-2-1-3-12(14(11)18)20-13(25)8-24-22-16(21-23-24)10-6-4-9(5-7-10)15(19)26/h1-7H,8H2,(H2,19,26)(H,20,25). The number of nitrogens with two attached hydrogens (primary N) is 1. The molecule has 0 saturated carbocycles. The first kappa shape index (κ1) is 17.8. The van der Waals surface area contributed by atoms with Gasteiger partial charge in [-0.25, -0.2) is 0 Å². The Morgan fingerprint density at radius 2 is 1.85 bits per heavy atom. The van der Waals surface area contributed by atoms with Crippen LogP contribution >= 0.6 is 23.2 Å². The van der Waals surface area contributed by atoms with Gasteiger partial charge in [-0.2, -0.15) is 4.80 Å². The molecule has 0 spiro atoms. The lowest BCUT2D eigenvalue weighted by Gasteiger charge is -2.07. The first-order chi connectivity index (χ1) is 12.4. The number of aromatic nitrogens is 4. The number of tetrazole rings is 1. The number of rotatable bonds is 5. The summed E-state index contributed by atoms with van der Waals surface area (Å²) in [6.45, 7) is -0.158. The zero-order chi connectivity index (χ0) is 18.7. The fraction of sp³-hybridized carbons (Fsp3) is 0.0625. The Balaban J connectivity index is 1.69. The van der Waals surface area contributed by atoms with E-state index in [9.17, 15) is 9.59 Å². The van der Waals surface area contributed by atoms with Gasteiger partial charge in [-0.3, -0.25) is 9.59 Å². The first-order valence-electron chi connectivity index (χ1n) is 7.36. The van der Waals surface area contributed by atoms with Gasteiger partial charge in [-0.15, -0.1) is 10.2 Å². The molecule has 132 valence electrons. The highest BCUT2D eigenvalue weighted by molar-refractivity contribution is 6.43. The van der Waals surface area contributed by atoms with E-state index in [1.807, 2.05) is 0 Å². The van der Waals surface area contributed by atoms with E-state index in [0.717, 1.165) is 4.80 Å². The van der Waals surface area contributed by atoms with Gasteiger partial charge in [0.1, 0.15) is 6.54 Å². The number of hydrogen-bond donors (Lipinski definition) is 2. The van der Waals surface area contributed by atoms with E-state index in [0.29, 0.717) is 27.7 Å². The molecule has 10 heteroatoms. The minimum absolute atomic E-state index is 0.158. The molecule has 0 aliphatic rings. The zero-order valence-corrected chi connectivity index (χ0v) is 14.7. The van der Waals surface area contributed by atoms with Gasteiger partial charge in [0.15, 0.2) is 0 Å². The Labute approximate surface area is 157 Å². The number of hydrogen-bond acceptors (Lipinski definition) is 5. The van der Waals surface area contributed by atoms with Crippen LogP contribution in [0.1, 0.15) is 10.4 Å². The van der Waals surface area contributed by atoms with Crippen molar-refractivity contribution in [3.8, 4) is 11.4 Å². The van der Waals surface area contributed by atoms with Crippen LogP contribution in [0.3, 0.4) is 0 Å². The third-order valence-electron chi connectivity index (χ3n) is 3.39. The van der Waals surface area contributed by atoms with Gasteiger partial charge in [-0.05, 0) is 29.5 Å². The van der Waals surface area contributed by atoms with Gasteiger partial charge < -0.3 is 11.1 Å². The highest BCUT2D eigenvalue weighted by Crippen LogP contribution is 2.29. The number of nitrogens with one attached hydrogen (secondary N) is 1. The van der Waals surface area contributed by atoms with E-state index >= 15 is 0 Å². The van der Waals surface area contributed by atoms with Crippen LogP contribution in [0.4, 0.5) is 5.69 Å². The summed E-state index contributed by atoms with van der Waals surface area (Å²) in [7, 11) is 0. The molecule has 0 fully saturated rings. The van der Waals surface area contributed by atoms with Crippen LogP contribution < -0.4 is 11.1 Å². The molecule has 0 bridgehead atoms. The lowest BCUT2D eigenvalue weighted by molar-refractivity contribution is -0.117. The van der Waals surface area contributed by atoms with Crippen LogP contribution in [0.15, 0.2) is 42.5 Å². The van der Waals surface area contributed by atoms with E-state index in [-0.39, 0.29) is 17.5 Å². The summed E-state index contributed by atoms with van der Waals surface area (Å²) < 4.78 is 0. The van der Waals surface area contributed by atoms with Crippen LogP contribution in [-0.4, -0.2) is 32.0 Å². The molecule has 0 aliphatic carbocycles. The van der Waals surface area contributed by atoms with Crippen LogP contribution in [0.25, 0.3) is 11.4 Å². The molecule has 0 atom stereocenters. The maximum Gasteiger partial charge on any atom is 0.248 e. The van der Waals surface area contributed by atoms with Crippen LogP contribution in [0.2, 0.25) is 10.0 Å². The van der Waals surface area contributed by atoms with Crippen molar-refractivity contribution < 1.29 is 9.59 Å². The number of halogens is 2. The second-order valence-corrected chi connectivity index (χ2v) is 6.02. The summed E-state index contributed by atoms with van der Waals surface area (Å²) in [6, 6.07) is 11.3. The van der Waals surface area contributed by atoms with Gasteiger partial charge in [0, 0.05) is 11.1 Å². The molecular weight excluding hydrogens is 379 g/mol.